The summed E-state index contributed by atoms with van der Waals surface area (Å²) in [6, 6.07) is 0. The summed E-state index contributed by atoms with van der Waals surface area (Å²) in [5.74, 6) is -1.40. The minimum atomic E-state index is -0.770. The van der Waals surface area contributed by atoms with Gasteiger partial charge in [0.25, 0.3) is 5.91 Å². The minimum Gasteiger partial charge on any atom is -0.451 e. The summed E-state index contributed by atoms with van der Waals surface area (Å²) in [5.41, 5.74) is 0.662. The Bertz CT molecular complexity index is 514. The molecule has 2 rings (SSSR count). The fourth-order valence-electron chi connectivity index (χ4n) is 1.40. The second-order valence-corrected chi connectivity index (χ2v) is 3.78. The maximum absolute atomic E-state index is 11.6. The second kappa shape index (κ2) is 5.42. The Labute approximate surface area is 108 Å². The molecule has 8 nitrogen and oxygen atoms in total. The summed E-state index contributed by atoms with van der Waals surface area (Å²) in [4.78, 5) is 42.8. The van der Waals surface area contributed by atoms with E-state index in [1.54, 1.807) is 6.92 Å². The van der Waals surface area contributed by atoms with Crippen LogP contribution in [0.2, 0.25) is 0 Å². The van der Waals surface area contributed by atoms with Gasteiger partial charge in [0.15, 0.2) is 12.3 Å². The molecule has 0 radical (unpaired) electrons. The SMILES string of the molecule is Cc1cnc(C(=O)OCC(=O)N2CCOC2=O)cn1. The van der Waals surface area contributed by atoms with Gasteiger partial charge in [-0.1, -0.05) is 0 Å². The second-order valence-electron chi connectivity index (χ2n) is 3.78. The highest BCUT2D eigenvalue weighted by molar-refractivity contribution is 5.95. The Kier molecular flexibility index (Phi) is 3.69. The third-order valence-electron chi connectivity index (χ3n) is 2.38. The zero-order chi connectivity index (χ0) is 13.8. The number of ether oxygens (including phenoxy) is 2. The first-order valence-electron chi connectivity index (χ1n) is 5.51. The number of esters is 1. The number of aryl methyl sites for hydroxylation is 1. The van der Waals surface area contributed by atoms with Crippen molar-refractivity contribution >= 4 is 18.0 Å². The molecule has 0 atom stereocenters. The van der Waals surface area contributed by atoms with Crippen LogP contribution < -0.4 is 0 Å². The molecule has 1 aliphatic rings. The predicted molar refractivity (Wildman–Crippen MR) is 60.1 cm³/mol. The van der Waals surface area contributed by atoms with E-state index in [0.29, 0.717) is 5.69 Å². The van der Waals surface area contributed by atoms with E-state index in [4.69, 9.17) is 4.74 Å². The van der Waals surface area contributed by atoms with Gasteiger partial charge in [0.05, 0.1) is 18.4 Å². The normalized spacial score (nSPS) is 14.2. The third kappa shape index (κ3) is 3.03. The van der Waals surface area contributed by atoms with Crippen molar-refractivity contribution in [1.82, 2.24) is 14.9 Å². The van der Waals surface area contributed by atoms with Crippen LogP contribution in [-0.2, 0) is 14.3 Å². The van der Waals surface area contributed by atoms with E-state index >= 15 is 0 Å². The highest BCUT2D eigenvalue weighted by Gasteiger charge is 2.29. The fourth-order valence-corrected chi connectivity index (χ4v) is 1.40. The molecule has 100 valence electrons. The summed E-state index contributed by atoms with van der Waals surface area (Å²) >= 11 is 0. The van der Waals surface area contributed by atoms with Gasteiger partial charge in [0, 0.05) is 6.20 Å². The minimum absolute atomic E-state index is 0.00222. The molecule has 0 saturated carbocycles. The van der Waals surface area contributed by atoms with Crippen molar-refractivity contribution in [3.05, 3.63) is 23.8 Å². The van der Waals surface area contributed by atoms with E-state index in [0.717, 1.165) is 4.90 Å². The van der Waals surface area contributed by atoms with Gasteiger partial charge in [0.2, 0.25) is 0 Å². The summed E-state index contributed by atoms with van der Waals surface area (Å²) < 4.78 is 9.34. The van der Waals surface area contributed by atoms with E-state index in [2.05, 4.69) is 14.7 Å². The molecular weight excluding hydrogens is 254 g/mol. The van der Waals surface area contributed by atoms with Gasteiger partial charge in [-0.3, -0.25) is 9.78 Å². The lowest BCUT2D eigenvalue weighted by molar-refractivity contribution is -0.131. The predicted octanol–water partition coefficient (Wildman–Crippen LogP) is -0.0794. The summed E-state index contributed by atoms with van der Waals surface area (Å²) in [6.07, 6.45) is 1.94. The lowest BCUT2D eigenvalue weighted by Gasteiger charge is -2.10. The Morgan fingerprint density at radius 3 is 2.79 bits per heavy atom. The number of imide groups is 1. The zero-order valence-electron chi connectivity index (χ0n) is 10.2. The molecule has 2 heterocycles. The van der Waals surface area contributed by atoms with Gasteiger partial charge in [-0.2, -0.15) is 0 Å². The molecule has 0 unspecified atom stereocenters. The van der Waals surface area contributed by atoms with E-state index in [9.17, 15) is 14.4 Å². The number of carbonyl (C=O) groups is 3. The molecule has 1 aromatic rings. The zero-order valence-corrected chi connectivity index (χ0v) is 10.2. The van der Waals surface area contributed by atoms with Crippen molar-refractivity contribution in [3.8, 4) is 0 Å². The number of aromatic nitrogens is 2. The first-order chi connectivity index (χ1) is 9.08. The van der Waals surface area contributed by atoms with Crippen LogP contribution in [0, 0.1) is 6.92 Å². The molecule has 19 heavy (non-hydrogen) atoms. The highest BCUT2D eigenvalue weighted by Crippen LogP contribution is 2.04. The molecule has 0 spiro atoms. The van der Waals surface area contributed by atoms with Crippen molar-refractivity contribution in [2.24, 2.45) is 0 Å². The van der Waals surface area contributed by atoms with Crippen LogP contribution in [0.15, 0.2) is 12.4 Å². The van der Waals surface area contributed by atoms with Crippen molar-refractivity contribution in [1.29, 1.82) is 0 Å². The van der Waals surface area contributed by atoms with Crippen LogP contribution in [0.5, 0.6) is 0 Å². The van der Waals surface area contributed by atoms with Crippen molar-refractivity contribution < 1.29 is 23.9 Å². The highest BCUT2D eigenvalue weighted by atomic mass is 16.6. The molecule has 1 fully saturated rings. The van der Waals surface area contributed by atoms with Crippen molar-refractivity contribution in [2.45, 2.75) is 6.92 Å². The van der Waals surface area contributed by atoms with Gasteiger partial charge < -0.3 is 9.47 Å². The van der Waals surface area contributed by atoms with E-state index in [1.807, 2.05) is 0 Å². The largest absolute Gasteiger partial charge is 0.451 e. The average Bonchev–Trinajstić information content (AvgIpc) is 2.83. The topological polar surface area (TPSA) is 98.7 Å². The molecular formula is C11H11N3O5. The van der Waals surface area contributed by atoms with Gasteiger partial charge in [0.1, 0.15) is 6.61 Å². The lowest BCUT2D eigenvalue weighted by atomic mass is 10.4. The monoisotopic (exact) mass is 265 g/mol. The first-order valence-corrected chi connectivity index (χ1v) is 5.51. The van der Waals surface area contributed by atoms with Gasteiger partial charge in [-0.05, 0) is 6.92 Å². The average molecular weight is 265 g/mol. The summed E-state index contributed by atoms with van der Waals surface area (Å²) in [6.45, 7) is 1.51. The number of nitrogens with zero attached hydrogens (tertiary/aromatic N) is 3. The number of carbonyl (C=O) groups excluding carboxylic acids is 3. The Hall–Kier alpha value is -2.51. The molecule has 0 N–H and O–H groups in total. The van der Waals surface area contributed by atoms with Gasteiger partial charge in [-0.25, -0.2) is 19.5 Å². The number of cyclic esters (lactones) is 1. The molecule has 1 aromatic heterocycles. The van der Waals surface area contributed by atoms with Crippen LogP contribution in [0.25, 0.3) is 0 Å². The maximum atomic E-state index is 11.6. The van der Waals surface area contributed by atoms with Crippen molar-refractivity contribution in [2.75, 3.05) is 19.8 Å². The van der Waals surface area contributed by atoms with Crippen molar-refractivity contribution in [3.63, 3.8) is 0 Å². The van der Waals surface area contributed by atoms with Crippen LogP contribution in [0.4, 0.5) is 4.79 Å². The van der Waals surface area contributed by atoms with E-state index in [-0.39, 0.29) is 18.8 Å². The Morgan fingerprint density at radius 2 is 2.21 bits per heavy atom. The standard InChI is InChI=1S/C11H11N3O5/c1-7-4-13-8(5-12-7)10(16)19-6-9(15)14-2-3-18-11(14)17/h4-5H,2-3,6H2,1H3. The maximum Gasteiger partial charge on any atom is 0.416 e. The summed E-state index contributed by atoms with van der Waals surface area (Å²) in [5, 5.41) is 0. The molecule has 1 saturated heterocycles. The van der Waals surface area contributed by atoms with Crippen LogP contribution in [-0.4, -0.2) is 52.6 Å². The quantitative estimate of drug-likeness (QED) is 0.705. The molecule has 1 aliphatic heterocycles. The van der Waals surface area contributed by atoms with Crippen LogP contribution in [0.1, 0.15) is 16.2 Å². The number of hydrogen-bond acceptors (Lipinski definition) is 7. The van der Waals surface area contributed by atoms with Gasteiger partial charge in [-0.15, -0.1) is 0 Å². The number of amides is 2. The molecule has 2 amide bonds. The van der Waals surface area contributed by atoms with E-state index in [1.165, 1.54) is 12.4 Å². The molecule has 0 bridgehead atoms. The smallest absolute Gasteiger partial charge is 0.416 e. The van der Waals surface area contributed by atoms with Crippen LogP contribution >= 0.6 is 0 Å². The Balaban J connectivity index is 1.88. The van der Waals surface area contributed by atoms with Crippen LogP contribution in [0.3, 0.4) is 0 Å². The van der Waals surface area contributed by atoms with E-state index < -0.39 is 24.6 Å². The third-order valence-corrected chi connectivity index (χ3v) is 2.38. The molecule has 8 heteroatoms. The summed E-state index contributed by atoms with van der Waals surface area (Å²) in [7, 11) is 0. The Morgan fingerprint density at radius 1 is 1.42 bits per heavy atom. The first kappa shape index (κ1) is 12.9. The fraction of sp³-hybridized carbons (Fsp3) is 0.364. The number of hydrogen-bond donors (Lipinski definition) is 0. The number of rotatable bonds is 3. The van der Waals surface area contributed by atoms with Gasteiger partial charge >= 0.3 is 12.1 Å². The molecule has 0 aromatic carbocycles. The lowest BCUT2D eigenvalue weighted by Crippen LogP contribution is -2.35. The molecule has 0 aliphatic carbocycles.